The van der Waals surface area contributed by atoms with E-state index in [0.29, 0.717) is 29.7 Å². The van der Waals surface area contributed by atoms with Gasteiger partial charge in [-0.1, -0.05) is 19.9 Å². The molecule has 5 heteroatoms. The second-order valence-corrected chi connectivity index (χ2v) is 4.91. The van der Waals surface area contributed by atoms with E-state index in [9.17, 15) is 5.11 Å². The molecule has 2 N–H and O–H groups in total. The summed E-state index contributed by atoms with van der Waals surface area (Å²) in [6.45, 7) is 4.83. The molecule has 0 unspecified atom stereocenters. The summed E-state index contributed by atoms with van der Waals surface area (Å²) in [6, 6.07) is 3.83. The number of hydrogen-bond donors (Lipinski definition) is 2. The fraction of sp³-hybridized carbons (Fsp3) is 0.600. The maximum atomic E-state index is 9.35. The molecule has 0 aliphatic rings. The third-order valence-electron chi connectivity index (χ3n) is 3.34. The Morgan fingerprint density at radius 2 is 1.70 bits per heavy atom. The largest absolute Gasteiger partial charge is 0.493 e. The summed E-state index contributed by atoms with van der Waals surface area (Å²) in [5.74, 6) is 2.22. The lowest BCUT2D eigenvalue weighted by molar-refractivity contribution is 0.209. The number of nitrogens with one attached hydrogen (secondary N) is 1. The zero-order valence-electron chi connectivity index (χ0n) is 12.9. The molecule has 114 valence electrons. The molecule has 0 aromatic heterocycles. The van der Waals surface area contributed by atoms with Crippen molar-refractivity contribution in [2.24, 2.45) is 5.92 Å². The fourth-order valence-corrected chi connectivity index (χ4v) is 2.05. The summed E-state index contributed by atoms with van der Waals surface area (Å²) < 4.78 is 16.0. The Hall–Kier alpha value is -1.46. The number of rotatable bonds is 8. The summed E-state index contributed by atoms with van der Waals surface area (Å²) in [5, 5.41) is 12.7. The van der Waals surface area contributed by atoms with Crippen molar-refractivity contribution in [1.29, 1.82) is 0 Å². The Bertz CT molecular complexity index is 421. The summed E-state index contributed by atoms with van der Waals surface area (Å²) in [7, 11) is 4.78. The smallest absolute Gasteiger partial charge is 0.203 e. The molecule has 0 radical (unpaired) electrons. The van der Waals surface area contributed by atoms with Crippen LogP contribution in [0, 0.1) is 5.92 Å². The van der Waals surface area contributed by atoms with Crippen molar-refractivity contribution in [3.8, 4) is 17.2 Å². The van der Waals surface area contributed by atoms with Gasteiger partial charge in [0.25, 0.3) is 0 Å². The molecule has 5 nitrogen and oxygen atoms in total. The highest BCUT2D eigenvalue weighted by atomic mass is 16.5. The molecule has 1 aromatic rings. The molecule has 0 amide bonds. The third kappa shape index (κ3) is 3.77. The minimum absolute atomic E-state index is 0.0489. The summed E-state index contributed by atoms with van der Waals surface area (Å²) in [4.78, 5) is 0. The fourth-order valence-electron chi connectivity index (χ4n) is 2.05. The monoisotopic (exact) mass is 283 g/mol. The van der Waals surface area contributed by atoms with Crippen LogP contribution in [-0.2, 0) is 6.54 Å². The van der Waals surface area contributed by atoms with Gasteiger partial charge in [0, 0.05) is 18.2 Å². The quantitative estimate of drug-likeness (QED) is 0.762. The van der Waals surface area contributed by atoms with E-state index in [1.54, 1.807) is 21.3 Å². The van der Waals surface area contributed by atoms with Crippen LogP contribution in [0.15, 0.2) is 12.1 Å². The molecule has 0 aliphatic carbocycles. The lowest BCUT2D eigenvalue weighted by atomic mass is 10.0. The molecule has 0 aliphatic heterocycles. The number of aliphatic hydroxyl groups excluding tert-OH is 1. The maximum absolute atomic E-state index is 9.35. The molecular weight excluding hydrogens is 258 g/mol. The molecule has 1 rings (SSSR count). The van der Waals surface area contributed by atoms with E-state index in [-0.39, 0.29) is 12.6 Å². The highest BCUT2D eigenvalue weighted by Crippen LogP contribution is 2.39. The maximum Gasteiger partial charge on any atom is 0.203 e. The summed E-state index contributed by atoms with van der Waals surface area (Å²) in [6.07, 6.45) is 0. The number of hydrogen-bond acceptors (Lipinski definition) is 5. The third-order valence-corrected chi connectivity index (χ3v) is 3.34. The van der Waals surface area contributed by atoms with Crippen molar-refractivity contribution < 1.29 is 19.3 Å². The van der Waals surface area contributed by atoms with Gasteiger partial charge in [0.1, 0.15) is 0 Å². The predicted molar refractivity (Wildman–Crippen MR) is 78.6 cm³/mol. The molecule has 0 heterocycles. The van der Waals surface area contributed by atoms with E-state index in [2.05, 4.69) is 19.2 Å². The molecule has 0 spiro atoms. The first-order valence-electron chi connectivity index (χ1n) is 6.71. The number of aliphatic hydroxyl groups is 1. The number of benzene rings is 1. The highest BCUT2D eigenvalue weighted by molar-refractivity contribution is 5.55. The Kier molecular flexibility index (Phi) is 6.61. The van der Waals surface area contributed by atoms with Crippen LogP contribution in [0.25, 0.3) is 0 Å². The lowest BCUT2D eigenvalue weighted by Gasteiger charge is -2.21. The van der Waals surface area contributed by atoms with E-state index in [1.165, 1.54) is 0 Å². The topological polar surface area (TPSA) is 60.0 Å². The first-order valence-corrected chi connectivity index (χ1v) is 6.71. The van der Waals surface area contributed by atoms with Crippen molar-refractivity contribution in [3.63, 3.8) is 0 Å². The van der Waals surface area contributed by atoms with Gasteiger partial charge in [-0.05, 0) is 12.0 Å². The zero-order valence-corrected chi connectivity index (χ0v) is 12.9. The molecule has 0 fully saturated rings. The van der Waals surface area contributed by atoms with Gasteiger partial charge in [-0.3, -0.25) is 0 Å². The minimum atomic E-state index is 0.0489. The minimum Gasteiger partial charge on any atom is -0.493 e. The van der Waals surface area contributed by atoms with Crippen LogP contribution in [0.5, 0.6) is 17.2 Å². The van der Waals surface area contributed by atoms with Gasteiger partial charge in [0.2, 0.25) is 5.75 Å². The number of ether oxygens (including phenoxy) is 3. The Labute approximate surface area is 120 Å². The van der Waals surface area contributed by atoms with E-state index in [0.717, 1.165) is 5.56 Å². The average Bonchev–Trinajstić information content (AvgIpc) is 2.46. The normalized spacial score (nSPS) is 12.3. The van der Waals surface area contributed by atoms with Crippen LogP contribution in [0.4, 0.5) is 0 Å². The Morgan fingerprint density at radius 1 is 1.05 bits per heavy atom. The van der Waals surface area contributed by atoms with E-state index in [4.69, 9.17) is 14.2 Å². The van der Waals surface area contributed by atoms with E-state index >= 15 is 0 Å². The summed E-state index contributed by atoms with van der Waals surface area (Å²) >= 11 is 0. The molecule has 1 aromatic carbocycles. The lowest BCUT2D eigenvalue weighted by Crippen LogP contribution is -2.36. The van der Waals surface area contributed by atoms with Crippen molar-refractivity contribution in [2.45, 2.75) is 26.4 Å². The van der Waals surface area contributed by atoms with Crippen LogP contribution in [-0.4, -0.2) is 39.1 Å². The Balaban J connectivity index is 2.95. The first-order chi connectivity index (χ1) is 9.58. The van der Waals surface area contributed by atoms with Crippen molar-refractivity contribution in [3.05, 3.63) is 17.7 Å². The summed E-state index contributed by atoms with van der Waals surface area (Å²) in [5.41, 5.74) is 0.962. The standard InChI is InChI=1S/C15H25NO4/c1-10(2)12(9-17)16-8-11-6-7-13(18-3)15(20-5)14(11)19-4/h6-7,10,12,16-17H,8-9H2,1-5H3/t12-/m1/s1. The van der Waals surface area contributed by atoms with Crippen molar-refractivity contribution in [2.75, 3.05) is 27.9 Å². The first kappa shape index (κ1) is 16.6. The van der Waals surface area contributed by atoms with Crippen LogP contribution in [0.3, 0.4) is 0 Å². The van der Waals surface area contributed by atoms with Gasteiger partial charge in [0.05, 0.1) is 27.9 Å². The van der Waals surface area contributed by atoms with Gasteiger partial charge < -0.3 is 24.6 Å². The molecule has 0 saturated carbocycles. The van der Waals surface area contributed by atoms with Crippen LogP contribution in [0.2, 0.25) is 0 Å². The second kappa shape index (κ2) is 7.97. The zero-order chi connectivity index (χ0) is 15.1. The van der Waals surface area contributed by atoms with Crippen LogP contribution >= 0.6 is 0 Å². The molecule has 0 saturated heterocycles. The van der Waals surface area contributed by atoms with Gasteiger partial charge in [-0.25, -0.2) is 0 Å². The molecule has 20 heavy (non-hydrogen) atoms. The molecular formula is C15H25NO4. The van der Waals surface area contributed by atoms with Gasteiger partial charge in [-0.15, -0.1) is 0 Å². The van der Waals surface area contributed by atoms with Crippen LogP contribution in [0.1, 0.15) is 19.4 Å². The van der Waals surface area contributed by atoms with E-state index < -0.39 is 0 Å². The molecule has 0 bridgehead atoms. The second-order valence-electron chi connectivity index (χ2n) is 4.91. The highest BCUT2D eigenvalue weighted by Gasteiger charge is 2.17. The van der Waals surface area contributed by atoms with Crippen molar-refractivity contribution in [1.82, 2.24) is 5.32 Å². The van der Waals surface area contributed by atoms with E-state index in [1.807, 2.05) is 12.1 Å². The number of methoxy groups -OCH3 is 3. The van der Waals surface area contributed by atoms with Gasteiger partial charge in [0.15, 0.2) is 11.5 Å². The van der Waals surface area contributed by atoms with Gasteiger partial charge >= 0.3 is 0 Å². The SMILES string of the molecule is COc1ccc(CN[C@H](CO)C(C)C)c(OC)c1OC. The average molecular weight is 283 g/mol. The van der Waals surface area contributed by atoms with Crippen LogP contribution < -0.4 is 19.5 Å². The van der Waals surface area contributed by atoms with Gasteiger partial charge in [-0.2, -0.15) is 0 Å². The Morgan fingerprint density at radius 3 is 2.15 bits per heavy atom. The predicted octanol–water partition coefficient (Wildman–Crippen LogP) is 1.82. The molecule has 1 atom stereocenters. The van der Waals surface area contributed by atoms with Crippen molar-refractivity contribution >= 4 is 0 Å².